The van der Waals surface area contributed by atoms with Gasteiger partial charge < -0.3 is 20.5 Å². The highest BCUT2D eigenvalue weighted by Gasteiger charge is 2.26. The van der Waals surface area contributed by atoms with Crippen molar-refractivity contribution in [1.82, 2.24) is 5.32 Å². The second-order valence-electron chi connectivity index (χ2n) is 6.50. The molecule has 134 valence electrons. The molecular weight excluding hydrogens is 296 g/mol. The first-order valence-corrected chi connectivity index (χ1v) is 8.60. The summed E-state index contributed by atoms with van der Waals surface area (Å²) in [6.07, 6.45) is 7.84. The molecule has 0 bridgehead atoms. The molecule has 3 N–H and O–H groups in total. The van der Waals surface area contributed by atoms with Gasteiger partial charge in [-0.25, -0.2) is 0 Å². The summed E-state index contributed by atoms with van der Waals surface area (Å²) in [6.45, 7) is 0. The van der Waals surface area contributed by atoms with Crippen LogP contribution in [-0.4, -0.2) is 45.3 Å². The molecule has 0 spiro atoms. The largest absolute Gasteiger partial charge is 0.469 e. The standard InChI is InChI=1S/C9H17NO2.C8H15NO2/c1-10-8-5-3-7(4-6-8)9(11)12-2;1-11-8(10)6-2-4-7(9)5-3-6/h7-8,10H,3-6H2,1-2H3;6-7H,2-5,9H2,1H3. The van der Waals surface area contributed by atoms with E-state index in [2.05, 4.69) is 10.1 Å². The minimum Gasteiger partial charge on any atom is -0.469 e. The lowest BCUT2D eigenvalue weighted by molar-refractivity contribution is -0.147. The van der Waals surface area contributed by atoms with Crippen LogP contribution in [0.5, 0.6) is 0 Å². The lowest BCUT2D eigenvalue weighted by Gasteiger charge is -2.26. The Bertz CT molecular complexity index is 360. The molecule has 0 unspecified atom stereocenters. The Morgan fingerprint density at radius 1 is 0.826 bits per heavy atom. The van der Waals surface area contributed by atoms with E-state index in [1.54, 1.807) is 0 Å². The topological polar surface area (TPSA) is 90.6 Å². The van der Waals surface area contributed by atoms with Crippen LogP contribution in [0.4, 0.5) is 0 Å². The Kier molecular flexibility index (Phi) is 9.17. The highest BCUT2D eigenvalue weighted by Crippen LogP contribution is 2.25. The van der Waals surface area contributed by atoms with Crippen molar-refractivity contribution < 1.29 is 19.1 Å². The molecule has 0 atom stereocenters. The second-order valence-corrected chi connectivity index (χ2v) is 6.50. The number of esters is 2. The quantitative estimate of drug-likeness (QED) is 0.765. The monoisotopic (exact) mass is 328 g/mol. The van der Waals surface area contributed by atoms with Crippen molar-refractivity contribution in [2.75, 3.05) is 21.3 Å². The lowest BCUT2D eigenvalue weighted by Crippen LogP contribution is -2.32. The molecule has 0 aromatic heterocycles. The number of carbonyl (C=O) groups excluding carboxylic acids is 2. The highest BCUT2D eigenvalue weighted by molar-refractivity contribution is 5.72. The Morgan fingerprint density at radius 3 is 1.57 bits per heavy atom. The molecule has 0 aliphatic heterocycles. The van der Waals surface area contributed by atoms with Gasteiger partial charge >= 0.3 is 11.9 Å². The average molecular weight is 328 g/mol. The van der Waals surface area contributed by atoms with Gasteiger partial charge in [0.1, 0.15) is 0 Å². The number of methoxy groups -OCH3 is 2. The highest BCUT2D eigenvalue weighted by atomic mass is 16.5. The Balaban J connectivity index is 0.000000231. The third-order valence-corrected chi connectivity index (χ3v) is 4.98. The first-order valence-electron chi connectivity index (χ1n) is 8.60. The van der Waals surface area contributed by atoms with Crippen molar-refractivity contribution in [3.8, 4) is 0 Å². The first kappa shape index (κ1) is 19.9. The summed E-state index contributed by atoms with van der Waals surface area (Å²) in [7, 11) is 4.88. The zero-order valence-electron chi connectivity index (χ0n) is 14.7. The lowest BCUT2D eigenvalue weighted by atomic mass is 9.86. The third kappa shape index (κ3) is 6.87. The summed E-state index contributed by atoms with van der Waals surface area (Å²) in [5.41, 5.74) is 5.69. The van der Waals surface area contributed by atoms with Crippen LogP contribution < -0.4 is 11.1 Å². The van der Waals surface area contributed by atoms with E-state index in [-0.39, 0.29) is 23.8 Å². The van der Waals surface area contributed by atoms with E-state index in [4.69, 9.17) is 10.5 Å². The molecule has 2 rings (SSSR count). The number of carbonyl (C=O) groups is 2. The number of hydrogen-bond acceptors (Lipinski definition) is 6. The van der Waals surface area contributed by atoms with Crippen LogP contribution >= 0.6 is 0 Å². The molecule has 0 aromatic rings. The van der Waals surface area contributed by atoms with Crippen molar-refractivity contribution >= 4 is 11.9 Å². The fourth-order valence-corrected chi connectivity index (χ4v) is 3.31. The molecule has 0 amide bonds. The summed E-state index contributed by atoms with van der Waals surface area (Å²) in [5.74, 6) is 0.154. The summed E-state index contributed by atoms with van der Waals surface area (Å²) < 4.78 is 9.34. The van der Waals surface area contributed by atoms with Gasteiger partial charge in [0.25, 0.3) is 0 Å². The van der Waals surface area contributed by atoms with Crippen LogP contribution in [0.25, 0.3) is 0 Å². The summed E-state index contributed by atoms with van der Waals surface area (Å²) in [4.78, 5) is 22.1. The predicted molar refractivity (Wildman–Crippen MR) is 88.8 cm³/mol. The van der Waals surface area contributed by atoms with Crippen LogP contribution in [0.1, 0.15) is 51.4 Å². The fourth-order valence-electron chi connectivity index (χ4n) is 3.31. The predicted octanol–water partition coefficient (Wildman–Crippen LogP) is 1.61. The van der Waals surface area contributed by atoms with Crippen LogP contribution in [0.3, 0.4) is 0 Å². The maximum Gasteiger partial charge on any atom is 0.308 e. The Labute approximate surface area is 139 Å². The molecule has 0 radical (unpaired) electrons. The summed E-state index contributed by atoms with van der Waals surface area (Å²) in [6, 6.07) is 0.904. The molecule has 2 aliphatic carbocycles. The first-order chi connectivity index (χ1) is 11.0. The zero-order valence-corrected chi connectivity index (χ0v) is 14.7. The van der Waals surface area contributed by atoms with Crippen LogP contribution in [-0.2, 0) is 19.1 Å². The number of hydrogen-bond donors (Lipinski definition) is 2. The van der Waals surface area contributed by atoms with E-state index >= 15 is 0 Å². The minimum atomic E-state index is -0.0723. The van der Waals surface area contributed by atoms with E-state index < -0.39 is 0 Å². The summed E-state index contributed by atoms with van der Waals surface area (Å²) in [5, 5.41) is 3.23. The van der Waals surface area contributed by atoms with Gasteiger partial charge in [-0.05, 0) is 58.4 Å². The summed E-state index contributed by atoms with van der Waals surface area (Å²) >= 11 is 0. The average Bonchev–Trinajstić information content (AvgIpc) is 2.61. The maximum atomic E-state index is 11.1. The number of rotatable bonds is 3. The van der Waals surface area contributed by atoms with Crippen LogP contribution in [0, 0.1) is 11.8 Å². The Morgan fingerprint density at radius 2 is 1.22 bits per heavy atom. The van der Waals surface area contributed by atoms with E-state index in [1.165, 1.54) is 14.2 Å². The van der Waals surface area contributed by atoms with E-state index in [0.717, 1.165) is 51.4 Å². The zero-order chi connectivity index (χ0) is 17.2. The van der Waals surface area contributed by atoms with Crippen LogP contribution in [0.2, 0.25) is 0 Å². The van der Waals surface area contributed by atoms with E-state index in [1.807, 2.05) is 7.05 Å². The van der Waals surface area contributed by atoms with Gasteiger partial charge in [0.2, 0.25) is 0 Å². The molecular formula is C17H32N2O4. The molecule has 6 heteroatoms. The van der Waals surface area contributed by atoms with Crippen molar-refractivity contribution in [3.05, 3.63) is 0 Å². The minimum absolute atomic E-state index is 0.0375. The van der Waals surface area contributed by atoms with E-state index in [9.17, 15) is 9.59 Å². The molecule has 2 fully saturated rings. The number of ether oxygens (including phenoxy) is 2. The fraction of sp³-hybridized carbons (Fsp3) is 0.882. The molecule has 2 aliphatic rings. The molecule has 0 heterocycles. The Hall–Kier alpha value is -1.14. The van der Waals surface area contributed by atoms with Gasteiger partial charge in [-0.15, -0.1) is 0 Å². The third-order valence-electron chi connectivity index (χ3n) is 4.98. The van der Waals surface area contributed by atoms with Crippen LogP contribution in [0.15, 0.2) is 0 Å². The van der Waals surface area contributed by atoms with Gasteiger partial charge in [-0.2, -0.15) is 0 Å². The molecule has 23 heavy (non-hydrogen) atoms. The van der Waals surface area contributed by atoms with Gasteiger partial charge in [0.05, 0.1) is 26.1 Å². The SMILES string of the molecule is CNC1CCC(C(=O)OC)CC1.COC(=O)C1CCC(N)CC1. The van der Waals surface area contributed by atoms with Crippen molar-refractivity contribution in [2.24, 2.45) is 17.6 Å². The number of nitrogens with one attached hydrogen (secondary N) is 1. The molecule has 0 saturated heterocycles. The molecule has 0 aromatic carbocycles. The van der Waals surface area contributed by atoms with Crippen molar-refractivity contribution in [1.29, 1.82) is 0 Å². The van der Waals surface area contributed by atoms with Gasteiger partial charge in [0.15, 0.2) is 0 Å². The van der Waals surface area contributed by atoms with E-state index in [0.29, 0.717) is 12.1 Å². The van der Waals surface area contributed by atoms with Gasteiger partial charge in [0, 0.05) is 12.1 Å². The van der Waals surface area contributed by atoms with Gasteiger partial charge in [-0.3, -0.25) is 9.59 Å². The van der Waals surface area contributed by atoms with Gasteiger partial charge in [-0.1, -0.05) is 0 Å². The number of nitrogens with two attached hydrogens (primary N) is 1. The molecule has 2 saturated carbocycles. The maximum absolute atomic E-state index is 11.1. The van der Waals surface area contributed by atoms with Crippen molar-refractivity contribution in [2.45, 2.75) is 63.5 Å². The van der Waals surface area contributed by atoms with Crippen molar-refractivity contribution in [3.63, 3.8) is 0 Å². The smallest absolute Gasteiger partial charge is 0.308 e. The second kappa shape index (κ2) is 10.6. The normalized spacial score (nSPS) is 30.6. The molecule has 6 nitrogen and oxygen atoms in total.